The molecular weight excluding hydrogens is 460 g/mol. The third-order valence-electron chi connectivity index (χ3n) is 8.47. The molecule has 198 valence electrons. The molecule has 0 aliphatic heterocycles. The van der Waals surface area contributed by atoms with E-state index in [0.717, 1.165) is 16.7 Å². The second-order valence-corrected chi connectivity index (χ2v) is 12.1. The Bertz CT molecular complexity index is 1210. The minimum Gasteiger partial charge on any atom is -0.511 e. The summed E-state index contributed by atoms with van der Waals surface area (Å²) in [4.78, 5) is 43.9. The highest BCUT2D eigenvalue weighted by atomic mass is 16.3. The Morgan fingerprint density at radius 3 is 2.03 bits per heavy atom. The molecule has 37 heavy (non-hydrogen) atoms. The van der Waals surface area contributed by atoms with Gasteiger partial charge in [-0.05, 0) is 78.6 Å². The van der Waals surface area contributed by atoms with Crippen LogP contribution in [-0.4, -0.2) is 22.5 Å². The number of rotatable bonds is 8. The molecule has 3 atom stereocenters. The third kappa shape index (κ3) is 4.60. The van der Waals surface area contributed by atoms with Crippen molar-refractivity contribution >= 4 is 17.3 Å². The first-order valence-electron chi connectivity index (χ1n) is 13.3. The van der Waals surface area contributed by atoms with E-state index >= 15 is 0 Å². The molecule has 2 aliphatic rings. The van der Waals surface area contributed by atoms with E-state index in [4.69, 9.17) is 0 Å². The van der Waals surface area contributed by atoms with Crippen LogP contribution in [0.3, 0.4) is 0 Å². The van der Waals surface area contributed by atoms with Crippen molar-refractivity contribution in [1.29, 1.82) is 0 Å². The van der Waals surface area contributed by atoms with Crippen molar-refractivity contribution < 1.29 is 19.5 Å². The largest absolute Gasteiger partial charge is 0.511 e. The molecule has 1 aromatic carbocycles. The lowest BCUT2D eigenvalue weighted by Gasteiger charge is -2.59. The SMILES string of the molecule is CC(C)=CCC1=C(O)[C@]2(CC=C(C)C)C[C@@H](CC=C(C)C)C(C)(C)[C@](C(=O)c3ccccc3)(C1=O)C2=O. The van der Waals surface area contributed by atoms with E-state index < -0.39 is 33.6 Å². The summed E-state index contributed by atoms with van der Waals surface area (Å²) in [7, 11) is 0. The molecule has 1 aromatic rings. The second-order valence-electron chi connectivity index (χ2n) is 12.1. The van der Waals surface area contributed by atoms with Gasteiger partial charge in [-0.3, -0.25) is 14.4 Å². The summed E-state index contributed by atoms with van der Waals surface area (Å²) < 4.78 is 0. The van der Waals surface area contributed by atoms with Gasteiger partial charge in [0.25, 0.3) is 0 Å². The van der Waals surface area contributed by atoms with Gasteiger partial charge in [-0.25, -0.2) is 0 Å². The van der Waals surface area contributed by atoms with Gasteiger partial charge in [0.2, 0.25) is 0 Å². The zero-order valence-corrected chi connectivity index (χ0v) is 23.7. The lowest BCUT2D eigenvalue weighted by Crippen LogP contribution is -2.69. The van der Waals surface area contributed by atoms with Crippen molar-refractivity contribution in [3.8, 4) is 0 Å². The van der Waals surface area contributed by atoms with Gasteiger partial charge in [0.15, 0.2) is 22.8 Å². The minimum atomic E-state index is -1.92. The average molecular weight is 503 g/mol. The Morgan fingerprint density at radius 1 is 0.919 bits per heavy atom. The highest BCUT2D eigenvalue weighted by Crippen LogP contribution is 2.66. The molecule has 1 N–H and O–H groups in total. The van der Waals surface area contributed by atoms with Crippen LogP contribution in [0.25, 0.3) is 0 Å². The van der Waals surface area contributed by atoms with E-state index in [-0.39, 0.29) is 30.1 Å². The Kier molecular flexibility index (Phi) is 8.02. The molecule has 0 heterocycles. The number of ketones is 3. The van der Waals surface area contributed by atoms with Crippen LogP contribution < -0.4 is 0 Å². The van der Waals surface area contributed by atoms with Crippen molar-refractivity contribution in [2.24, 2.45) is 22.2 Å². The molecule has 0 aromatic heterocycles. The summed E-state index contributed by atoms with van der Waals surface area (Å²) in [6, 6.07) is 8.68. The normalized spacial score (nSPS) is 26.4. The molecule has 4 nitrogen and oxygen atoms in total. The summed E-state index contributed by atoms with van der Waals surface area (Å²) in [5.74, 6) is -1.77. The quantitative estimate of drug-likeness (QED) is 0.223. The van der Waals surface area contributed by atoms with Crippen molar-refractivity contribution in [2.75, 3.05) is 0 Å². The number of benzene rings is 1. The highest BCUT2D eigenvalue weighted by Gasteiger charge is 2.74. The molecule has 1 saturated carbocycles. The van der Waals surface area contributed by atoms with Gasteiger partial charge in [-0.15, -0.1) is 0 Å². The molecule has 0 amide bonds. The fourth-order valence-corrected chi connectivity index (χ4v) is 6.16. The zero-order chi connectivity index (χ0) is 27.8. The van der Waals surface area contributed by atoms with E-state index in [9.17, 15) is 19.5 Å². The van der Waals surface area contributed by atoms with Gasteiger partial charge in [-0.2, -0.15) is 0 Å². The Labute approximate surface area is 222 Å². The molecular formula is C33H42O4. The van der Waals surface area contributed by atoms with Crippen molar-refractivity contribution in [3.63, 3.8) is 0 Å². The minimum absolute atomic E-state index is 0.147. The van der Waals surface area contributed by atoms with Crippen LogP contribution in [0, 0.1) is 22.2 Å². The number of fused-ring (bicyclic) bond motifs is 2. The first-order chi connectivity index (χ1) is 17.2. The molecule has 2 aliphatic carbocycles. The number of allylic oxidation sites excluding steroid dienone is 8. The smallest absolute Gasteiger partial charge is 0.184 e. The van der Waals surface area contributed by atoms with Crippen LogP contribution in [0.2, 0.25) is 0 Å². The van der Waals surface area contributed by atoms with Crippen LogP contribution >= 0.6 is 0 Å². The van der Waals surface area contributed by atoms with E-state index in [1.54, 1.807) is 24.3 Å². The van der Waals surface area contributed by atoms with Crippen LogP contribution in [0.1, 0.15) is 91.4 Å². The van der Waals surface area contributed by atoms with Crippen molar-refractivity contribution in [1.82, 2.24) is 0 Å². The number of Topliss-reactive ketones (excluding diaryl/α,β-unsaturated/α-hetero) is 3. The Hall–Kier alpha value is -3.01. The number of hydrogen-bond donors (Lipinski definition) is 1. The highest BCUT2D eigenvalue weighted by molar-refractivity contribution is 6.36. The first-order valence-corrected chi connectivity index (χ1v) is 13.3. The lowest BCUT2D eigenvalue weighted by molar-refractivity contribution is -0.164. The van der Waals surface area contributed by atoms with Crippen LogP contribution in [-0.2, 0) is 9.59 Å². The molecule has 2 bridgehead atoms. The Balaban J connectivity index is 2.45. The number of hydrogen-bond acceptors (Lipinski definition) is 4. The van der Waals surface area contributed by atoms with Gasteiger partial charge in [0, 0.05) is 11.1 Å². The van der Waals surface area contributed by atoms with E-state index in [0.29, 0.717) is 18.4 Å². The topological polar surface area (TPSA) is 71.4 Å². The van der Waals surface area contributed by atoms with Gasteiger partial charge >= 0.3 is 0 Å². The maximum Gasteiger partial charge on any atom is 0.184 e. The molecule has 0 radical (unpaired) electrons. The number of aliphatic hydroxyl groups is 1. The second kappa shape index (κ2) is 10.4. The van der Waals surface area contributed by atoms with Gasteiger partial charge in [0.05, 0.1) is 5.41 Å². The zero-order valence-electron chi connectivity index (χ0n) is 23.7. The summed E-state index contributed by atoms with van der Waals surface area (Å²) in [6.07, 6.45) is 7.41. The monoisotopic (exact) mass is 502 g/mol. The summed E-state index contributed by atoms with van der Waals surface area (Å²) in [5.41, 5.74) is -0.517. The Morgan fingerprint density at radius 2 is 1.49 bits per heavy atom. The standard InChI is InChI=1S/C33H42O4/c1-21(2)14-16-25-20-32(19-18-23(5)6)28(35)26(17-15-22(3)4)29(36)33(30(32)37,31(25,7)8)27(34)24-12-10-9-11-13-24/h9-15,18,25,35H,16-17,19-20H2,1-8H3/t25-,32+,33-/m1/s1. The molecule has 0 saturated heterocycles. The predicted molar refractivity (Wildman–Crippen MR) is 149 cm³/mol. The summed E-state index contributed by atoms with van der Waals surface area (Å²) in [5, 5.41) is 11.8. The number of carbonyl (C=O) groups is 3. The molecule has 0 unspecified atom stereocenters. The van der Waals surface area contributed by atoms with Crippen molar-refractivity contribution in [3.05, 3.63) is 82.2 Å². The van der Waals surface area contributed by atoms with Crippen LogP contribution in [0.15, 0.2) is 76.6 Å². The average Bonchev–Trinajstić information content (AvgIpc) is 2.82. The van der Waals surface area contributed by atoms with E-state index in [1.165, 1.54) is 0 Å². The molecule has 4 heteroatoms. The van der Waals surface area contributed by atoms with Gasteiger partial charge in [-0.1, -0.05) is 79.1 Å². The van der Waals surface area contributed by atoms with Crippen LogP contribution in [0.4, 0.5) is 0 Å². The third-order valence-corrected chi connectivity index (χ3v) is 8.47. The van der Waals surface area contributed by atoms with E-state index in [1.807, 2.05) is 73.6 Å². The first kappa shape index (κ1) is 28.6. The number of carbonyl (C=O) groups excluding carboxylic acids is 3. The fourth-order valence-electron chi connectivity index (χ4n) is 6.16. The molecule has 3 rings (SSSR count). The summed E-state index contributed by atoms with van der Waals surface area (Å²) >= 11 is 0. The maximum atomic E-state index is 14.8. The fraction of sp³-hybridized carbons (Fsp3) is 0.485. The van der Waals surface area contributed by atoms with Gasteiger partial charge < -0.3 is 5.11 Å². The van der Waals surface area contributed by atoms with Crippen LogP contribution in [0.5, 0.6) is 0 Å². The summed E-state index contributed by atoms with van der Waals surface area (Å²) in [6.45, 7) is 15.6. The number of aliphatic hydroxyl groups excluding tert-OH is 1. The molecule has 1 fully saturated rings. The lowest BCUT2D eigenvalue weighted by atomic mass is 9.39. The molecule has 0 spiro atoms. The maximum absolute atomic E-state index is 14.8. The van der Waals surface area contributed by atoms with E-state index in [2.05, 4.69) is 6.08 Å². The predicted octanol–water partition coefficient (Wildman–Crippen LogP) is 7.92. The van der Waals surface area contributed by atoms with Gasteiger partial charge in [0.1, 0.15) is 5.76 Å². The van der Waals surface area contributed by atoms with Crippen molar-refractivity contribution in [2.45, 2.75) is 81.1 Å².